The molecule has 138 valence electrons. The molecule has 1 aliphatic heterocycles. The van der Waals surface area contributed by atoms with E-state index in [-0.39, 0.29) is 37.0 Å². The summed E-state index contributed by atoms with van der Waals surface area (Å²) in [6.45, 7) is 1.32. The van der Waals surface area contributed by atoms with Crippen molar-refractivity contribution >= 4 is 33.5 Å². The van der Waals surface area contributed by atoms with Crippen LogP contribution >= 0.6 is 11.6 Å². The number of carbonyl (C=O) groups is 2. The fraction of sp³-hybridized carbons (Fsp3) is 0.467. The first-order valence-electron chi connectivity index (χ1n) is 7.64. The first-order chi connectivity index (χ1) is 11.8. The zero-order valence-electron chi connectivity index (χ0n) is 13.8. The number of halogens is 1. The Morgan fingerprint density at radius 1 is 1.24 bits per heavy atom. The largest absolute Gasteiger partial charge is 0.468 e. The average Bonchev–Trinajstić information content (AvgIpc) is 2.60. The number of methoxy groups -OCH3 is 1. The summed E-state index contributed by atoms with van der Waals surface area (Å²) in [6, 6.07) is 6.14. The number of carbonyl (C=O) groups excluding carboxylic acids is 2. The lowest BCUT2D eigenvalue weighted by atomic mass is 10.3. The summed E-state index contributed by atoms with van der Waals surface area (Å²) < 4.78 is 31.0. The highest BCUT2D eigenvalue weighted by molar-refractivity contribution is 7.89. The van der Waals surface area contributed by atoms with Crippen LogP contribution in [0.2, 0.25) is 5.02 Å². The molecule has 0 aliphatic carbocycles. The fourth-order valence-electron chi connectivity index (χ4n) is 2.41. The van der Waals surface area contributed by atoms with E-state index in [1.165, 1.54) is 23.5 Å². The Bertz CT molecular complexity index is 732. The van der Waals surface area contributed by atoms with Crippen molar-refractivity contribution in [2.75, 3.05) is 46.4 Å². The SMILES string of the molecule is COC(=O)CNC(=O)CN1CCN(S(=O)(=O)c2cccc(Cl)c2)CC1. The molecule has 1 saturated heterocycles. The number of hydrogen-bond donors (Lipinski definition) is 1. The van der Waals surface area contributed by atoms with Gasteiger partial charge < -0.3 is 10.1 Å². The van der Waals surface area contributed by atoms with Crippen molar-refractivity contribution in [1.82, 2.24) is 14.5 Å². The van der Waals surface area contributed by atoms with E-state index in [1.807, 2.05) is 4.90 Å². The molecule has 1 aromatic carbocycles. The Morgan fingerprint density at radius 2 is 1.92 bits per heavy atom. The molecular weight excluding hydrogens is 370 g/mol. The first kappa shape index (κ1) is 19.6. The van der Waals surface area contributed by atoms with Crippen molar-refractivity contribution in [1.29, 1.82) is 0 Å². The highest BCUT2D eigenvalue weighted by Gasteiger charge is 2.29. The number of benzene rings is 1. The van der Waals surface area contributed by atoms with E-state index >= 15 is 0 Å². The second kappa shape index (κ2) is 8.61. The molecule has 8 nitrogen and oxygen atoms in total. The van der Waals surface area contributed by atoms with E-state index in [2.05, 4.69) is 10.1 Å². The smallest absolute Gasteiger partial charge is 0.325 e. The van der Waals surface area contributed by atoms with Crippen LogP contribution in [0.3, 0.4) is 0 Å². The van der Waals surface area contributed by atoms with Crippen LogP contribution in [-0.4, -0.2) is 75.9 Å². The number of sulfonamides is 1. The van der Waals surface area contributed by atoms with Crippen molar-refractivity contribution in [3.63, 3.8) is 0 Å². The second-order valence-electron chi connectivity index (χ2n) is 5.49. The maximum absolute atomic E-state index is 12.6. The topological polar surface area (TPSA) is 96.0 Å². The van der Waals surface area contributed by atoms with Crippen LogP contribution in [0.15, 0.2) is 29.2 Å². The van der Waals surface area contributed by atoms with Gasteiger partial charge in [0.25, 0.3) is 0 Å². The summed E-state index contributed by atoms with van der Waals surface area (Å²) in [5, 5.41) is 2.82. The molecular formula is C15H20ClN3O5S. The average molecular weight is 390 g/mol. The molecule has 1 aliphatic rings. The van der Waals surface area contributed by atoms with Crippen LogP contribution in [0.1, 0.15) is 0 Å². The van der Waals surface area contributed by atoms with Gasteiger partial charge in [0.1, 0.15) is 6.54 Å². The number of amides is 1. The third-order valence-corrected chi connectivity index (χ3v) is 5.92. The zero-order chi connectivity index (χ0) is 18.4. The maximum Gasteiger partial charge on any atom is 0.325 e. The molecule has 1 fully saturated rings. The van der Waals surface area contributed by atoms with Crippen LogP contribution in [0.5, 0.6) is 0 Å². The summed E-state index contributed by atoms with van der Waals surface area (Å²) in [4.78, 5) is 24.7. The highest BCUT2D eigenvalue weighted by Crippen LogP contribution is 2.20. The van der Waals surface area contributed by atoms with Gasteiger partial charge in [0.2, 0.25) is 15.9 Å². The van der Waals surface area contributed by atoms with Gasteiger partial charge in [-0.2, -0.15) is 4.31 Å². The van der Waals surface area contributed by atoms with E-state index in [0.717, 1.165) is 0 Å². The van der Waals surface area contributed by atoms with Crippen LogP contribution < -0.4 is 5.32 Å². The van der Waals surface area contributed by atoms with Crippen molar-refractivity contribution in [3.8, 4) is 0 Å². The number of piperazine rings is 1. The standard InChI is InChI=1S/C15H20ClN3O5S/c1-24-15(21)10-17-14(20)11-18-5-7-19(8-6-18)25(22,23)13-4-2-3-12(16)9-13/h2-4,9H,5-8,10-11H2,1H3,(H,17,20). The van der Waals surface area contributed by atoms with Gasteiger partial charge in [-0.3, -0.25) is 14.5 Å². The predicted molar refractivity (Wildman–Crippen MR) is 91.7 cm³/mol. The Labute approximate surface area is 151 Å². The van der Waals surface area contributed by atoms with E-state index < -0.39 is 16.0 Å². The summed E-state index contributed by atoms with van der Waals surface area (Å²) in [5.74, 6) is -0.831. The van der Waals surface area contributed by atoms with Crippen LogP contribution in [0, 0.1) is 0 Å². The van der Waals surface area contributed by atoms with Crippen LogP contribution in [0.25, 0.3) is 0 Å². The number of ether oxygens (including phenoxy) is 1. The maximum atomic E-state index is 12.6. The molecule has 0 atom stereocenters. The van der Waals surface area contributed by atoms with Crippen LogP contribution in [0.4, 0.5) is 0 Å². The Balaban J connectivity index is 1.87. The van der Waals surface area contributed by atoms with Gasteiger partial charge in [0, 0.05) is 31.2 Å². The minimum atomic E-state index is -3.60. The van der Waals surface area contributed by atoms with Crippen molar-refractivity contribution < 1.29 is 22.7 Å². The lowest BCUT2D eigenvalue weighted by Gasteiger charge is -2.33. The molecule has 0 saturated carbocycles. The lowest BCUT2D eigenvalue weighted by Crippen LogP contribution is -2.51. The number of nitrogens with zero attached hydrogens (tertiary/aromatic N) is 2. The minimum Gasteiger partial charge on any atom is -0.468 e. The molecule has 1 N–H and O–H groups in total. The van der Waals surface area contributed by atoms with Crippen LogP contribution in [-0.2, 0) is 24.3 Å². The highest BCUT2D eigenvalue weighted by atomic mass is 35.5. The Kier molecular flexibility index (Phi) is 6.77. The number of hydrogen-bond acceptors (Lipinski definition) is 6. The molecule has 1 aromatic rings. The second-order valence-corrected chi connectivity index (χ2v) is 7.86. The molecule has 25 heavy (non-hydrogen) atoms. The quantitative estimate of drug-likeness (QED) is 0.684. The van der Waals surface area contributed by atoms with E-state index in [9.17, 15) is 18.0 Å². The molecule has 2 rings (SSSR count). The number of esters is 1. The molecule has 10 heteroatoms. The Morgan fingerprint density at radius 3 is 2.52 bits per heavy atom. The molecule has 0 aromatic heterocycles. The summed E-state index contributed by atoms with van der Waals surface area (Å²) in [7, 11) is -2.36. The molecule has 0 spiro atoms. The molecule has 0 unspecified atom stereocenters. The van der Waals surface area contributed by atoms with E-state index in [0.29, 0.717) is 18.1 Å². The molecule has 0 bridgehead atoms. The van der Waals surface area contributed by atoms with Crippen molar-refractivity contribution in [3.05, 3.63) is 29.3 Å². The minimum absolute atomic E-state index is 0.0993. The van der Waals surface area contributed by atoms with Gasteiger partial charge in [-0.1, -0.05) is 17.7 Å². The van der Waals surface area contributed by atoms with E-state index in [1.54, 1.807) is 12.1 Å². The van der Waals surface area contributed by atoms with E-state index in [4.69, 9.17) is 11.6 Å². The molecule has 0 radical (unpaired) electrons. The number of nitrogens with one attached hydrogen (secondary N) is 1. The monoisotopic (exact) mass is 389 g/mol. The summed E-state index contributed by atoms with van der Waals surface area (Å²) in [6.07, 6.45) is 0. The lowest BCUT2D eigenvalue weighted by molar-refractivity contribution is -0.141. The van der Waals surface area contributed by atoms with Crippen molar-refractivity contribution in [2.24, 2.45) is 0 Å². The summed E-state index contributed by atoms with van der Waals surface area (Å²) in [5.41, 5.74) is 0. The normalized spacial score (nSPS) is 16.4. The first-order valence-corrected chi connectivity index (χ1v) is 9.46. The van der Waals surface area contributed by atoms with Gasteiger partial charge in [-0.05, 0) is 18.2 Å². The third-order valence-electron chi connectivity index (χ3n) is 3.79. The fourth-order valence-corrected chi connectivity index (χ4v) is 4.13. The van der Waals surface area contributed by atoms with Gasteiger partial charge in [-0.15, -0.1) is 0 Å². The number of rotatable bonds is 6. The van der Waals surface area contributed by atoms with Gasteiger partial charge in [0.05, 0.1) is 18.6 Å². The summed E-state index contributed by atoms with van der Waals surface area (Å²) >= 11 is 5.86. The van der Waals surface area contributed by atoms with Gasteiger partial charge >= 0.3 is 5.97 Å². The van der Waals surface area contributed by atoms with Gasteiger partial charge in [0.15, 0.2) is 0 Å². The predicted octanol–water partition coefficient (Wildman–Crippen LogP) is -0.0645. The molecule has 1 heterocycles. The third kappa shape index (κ3) is 5.40. The molecule has 1 amide bonds. The van der Waals surface area contributed by atoms with Gasteiger partial charge in [-0.25, -0.2) is 8.42 Å². The zero-order valence-corrected chi connectivity index (χ0v) is 15.3. The van der Waals surface area contributed by atoms with Crippen molar-refractivity contribution in [2.45, 2.75) is 4.90 Å². The Hall–Kier alpha value is -1.68.